The molecule has 0 fully saturated rings. The molecule has 0 amide bonds. The van der Waals surface area contributed by atoms with E-state index >= 15 is 0 Å². The van der Waals surface area contributed by atoms with Crippen molar-refractivity contribution in [3.8, 4) is 0 Å². The average molecular weight is 252 g/mol. The summed E-state index contributed by atoms with van der Waals surface area (Å²) in [4.78, 5) is 17.1. The Balaban J connectivity index is 2.10. The Hall–Kier alpha value is -1.46. The number of carbonyl (C=O) groups excluding carboxylic acids is 1. The van der Waals surface area contributed by atoms with E-state index < -0.39 is 0 Å². The van der Waals surface area contributed by atoms with E-state index in [-0.39, 0.29) is 12.6 Å². The zero-order valence-corrected chi connectivity index (χ0v) is 11.0. The summed E-state index contributed by atoms with van der Waals surface area (Å²) in [7, 11) is 2.01. The van der Waals surface area contributed by atoms with Gasteiger partial charge in [-0.25, -0.2) is 4.79 Å². The van der Waals surface area contributed by atoms with Crippen molar-refractivity contribution in [1.82, 2.24) is 9.88 Å². The van der Waals surface area contributed by atoms with Gasteiger partial charge < -0.3 is 9.47 Å². The smallest absolute Gasteiger partial charge is 0.332 e. The number of hydrogen-bond acceptors (Lipinski definition) is 5. The highest BCUT2D eigenvalue weighted by Gasteiger charge is 2.03. The summed E-state index contributed by atoms with van der Waals surface area (Å²) in [6.07, 6.45) is 3.56. The van der Waals surface area contributed by atoms with Gasteiger partial charge in [-0.3, -0.25) is 9.88 Å². The largest absolute Gasteiger partial charge is 0.464 e. The van der Waals surface area contributed by atoms with Crippen LogP contribution >= 0.6 is 0 Å². The molecule has 5 nitrogen and oxygen atoms in total. The van der Waals surface area contributed by atoms with Crippen LogP contribution in [-0.2, 0) is 20.8 Å². The fourth-order valence-electron chi connectivity index (χ4n) is 1.46. The monoisotopic (exact) mass is 252 g/mol. The maximum absolute atomic E-state index is 11.0. The lowest BCUT2D eigenvalue weighted by atomic mass is 10.2. The number of likely N-dealkylation sites (N-methyl/N-ethyl adjacent to an activating group) is 1. The van der Waals surface area contributed by atoms with Crippen LogP contribution in [0.1, 0.15) is 12.5 Å². The van der Waals surface area contributed by atoms with Crippen molar-refractivity contribution >= 4 is 5.97 Å². The van der Waals surface area contributed by atoms with E-state index in [1.54, 1.807) is 19.3 Å². The second-order valence-corrected chi connectivity index (χ2v) is 3.95. The van der Waals surface area contributed by atoms with Gasteiger partial charge in [0.05, 0.1) is 13.2 Å². The number of carbonyl (C=O) groups is 1. The molecule has 1 heterocycles. The quantitative estimate of drug-likeness (QED) is 0.512. The van der Waals surface area contributed by atoms with Gasteiger partial charge in [0.1, 0.15) is 6.61 Å². The third-order valence-electron chi connectivity index (χ3n) is 2.34. The second-order valence-electron chi connectivity index (χ2n) is 3.95. The van der Waals surface area contributed by atoms with Gasteiger partial charge in [0, 0.05) is 25.5 Å². The summed E-state index contributed by atoms with van der Waals surface area (Å²) >= 11 is 0. The molecule has 0 aliphatic carbocycles. The summed E-state index contributed by atoms with van der Waals surface area (Å²) in [5.41, 5.74) is 1.21. The summed E-state index contributed by atoms with van der Waals surface area (Å²) in [6.45, 7) is 4.31. The molecule has 18 heavy (non-hydrogen) atoms. The molecule has 0 N–H and O–H groups in total. The third kappa shape index (κ3) is 6.32. The van der Waals surface area contributed by atoms with Gasteiger partial charge in [0.2, 0.25) is 0 Å². The van der Waals surface area contributed by atoms with Crippen molar-refractivity contribution < 1.29 is 14.3 Å². The van der Waals surface area contributed by atoms with Gasteiger partial charge in [-0.1, -0.05) is 0 Å². The minimum absolute atomic E-state index is 0.0247. The highest BCUT2D eigenvalue weighted by Crippen LogP contribution is 2.00. The van der Waals surface area contributed by atoms with Crippen LogP contribution in [0, 0.1) is 0 Å². The molecular weight excluding hydrogens is 232 g/mol. The van der Waals surface area contributed by atoms with Crippen molar-refractivity contribution in [2.75, 3.05) is 33.4 Å². The van der Waals surface area contributed by atoms with Crippen molar-refractivity contribution in [2.24, 2.45) is 0 Å². The molecule has 0 spiro atoms. The molecule has 0 aliphatic heterocycles. The molecule has 1 aromatic heterocycles. The highest BCUT2D eigenvalue weighted by atomic mass is 16.6. The van der Waals surface area contributed by atoms with Crippen molar-refractivity contribution in [3.05, 3.63) is 30.1 Å². The molecular formula is C13H20N2O3. The molecule has 0 radical (unpaired) electrons. The number of esters is 1. The van der Waals surface area contributed by atoms with E-state index in [1.807, 2.05) is 19.2 Å². The summed E-state index contributed by atoms with van der Waals surface area (Å²) < 4.78 is 9.99. The Morgan fingerprint density at radius 1 is 1.39 bits per heavy atom. The lowest BCUT2D eigenvalue weighted by Crippen LogP contribution is -2.24. The fourth-order valence-corrected chi connectivity index (χ4v) is 1.46. The van der Waals surface area contributed by atoms with Crippen LogP contribution in [-0.4, -0.2) is 49.3 Å². The Bertz CT molecular complexity index is 343. The van der Waals surface area contributed by atoms with E-state index in [9.17, 15) is 4.79 Å². The predicted octanol–water partition coefficient (Wildman–Crippen LogP) is 1.09. The lowest BCUT2D eigenvalue weighted by Gasteiger charge is -2.16. The van der Waals surface area contributed by atoms with Crippen molar-refractivity contribution in [3.63, 3.8) is 0 Å². The van der Waals surface area contributed by atoms with Crippen LogP contribution in [0.5, 0.6) is 0 Å². The number of hydrogen-bond donors (Lipinski definition) is 0. The molecule has 0 aliphatic rings. The summed E-state index contributed by atoms with van der Waals surface area (Å²) in [5.74, 6) is -0.311. The highest BCUT2D eigenvalue weighted by molar-refractivity contribution is 5.70. The first kappa shape index (κ1) is 14.6. The molecule has 0 unspecified atom stereocenters. The molecule has 1 rings (SSSR count). The molecule has 0 saturated heterocycles. The first-order valence-corrected chi connectivity index (χ1v) is 6.03. The minimum Gasteiger partial charge on any atom is -0.464 e. The molecule has 0 aromatic carbocycles. The van der Waals surface area contributed by atoms with Crippen LogP contribution in [0.2, 0.25) is 0 Å². The van der Waals surface area contributed by atoms with Gasteiger partial charge >= 0.3 is 5.97 Å². The molecule has 0 atom stereocenters. The van der Waals surface area contributed by atoms with Gasteiger partial charge in [-0.15, -0.1) is 0 Å². The Morgan fingerprint density at radius 3 is 2.78 bits per heavy atom. The number of rotatable bonds is 8. The van der Waals surface area contributed by atoms with E-state index in [0.29, 0.717) is 13.2 Å². The van der Waals surface area contributed by atoms with Crippen LogP contribution in [0.4, 0.5) is 0 Å². The number of nitrogens with zero attached hydrogens (tertiary/aromatic N) is 2. The third-order valence-corrected chi connectivity index (χ3v) is 2.34. The molecule has 5 heteroatoms. The van der Waals surface area contributed by atoms with Crippen molar-refractivity contribution in [2.45, 2.75) is 13.5 Å². The number of pyridine rings is 1. The summed E-state index contributed by atoms with van der Waals surface area (Å²) in [6, 6.07) is 3.96. The van der Waals surface area contributed by atoms with Crippen LogP contribution in [0.25, 0.3) is 0 Å². The van der Waals surface area contributed by atoms with E-state index in [0.717, 1.165) is 13.1 Å². The van der Waals surface area contributed by atoms with Gasteiger partial charge in [0.25, 0.3) is 0 Å². The SMILES string of the molecule is CCOC(=O)COCCN(C)Cc1ccncc1. The second kappa shape index (κ2) is 8.60. The van der Waals surface area contributed by atoms with E-state index in [4.69, 9.17) is 9.47 Å². The van der Waals surface area contributed by atoms with Crippen LogP contribution < -0.4 is 0 Å². The standard InChI is InChI=1S/C13H20N2O3/c1-3-18-13(16)11-17-9-8-15(2)10-12-4-6-14-7-5-12/h4-7H,3,8-11H2,1-2H3. The van der Waals surface area contributed by atoms with Crippen LogP contribution in [0.15, 0.2) is 24.5 Å². The molecule has 100 valence electrons. The van der Waals surface area contributed by atoms with Crippen molar-refractivity contribution in [1.29, 1.82) is 0 Å². The normalized spacial score (nSPS) is 10.6. The first-order chi connectivity index (χ1) is 8.72. The number of ether oxygens (including phenoxy) is 2. The Kier molecular flexibility index (Phi) is 6.98. The average Bonchev–Trinajstić information content (AvgIpc) is 2.36. The fraction of sp³-hybridized carbons (Fsp3) is 0.538. The zero-order valence-electron chi connectivity index (χ0n) is 11.0. The first-order valence-electron chi connectivity index (χ1n) is 6.03. The molecule has 0 saturated carbocycles. The Labute approximate surface area is 108 Å². The maximum atomic E-state index is 11.0. The van der Waals surface area contributed by atoms with Gasteiger partial charge in [0.15, 0.2) is 0 Å². The zero-order chi connectivity index (χ0) is 13.2. The maximum Gasteiger partial charge on any atom is 0.332 e. The lowest BCUT2D eigenvalue weighted by molar-refractivity contribution is -0.148. The minimum atomic E-state index is -0.311. The van der Waals surface area contributed by atoms with E-state index in [1.165, 1.54) is 5.56 Å². The van der Waals surface area contributed by atoms with Gasteiger partial charge in [-0.2, -0.15) is 0 Å². The molecule has 0 bridgehead atoms. The van der Waals surface area contributed by atoms with Crippen LogP contribution in [0.3, 0.4) is 0 Å². The van der Waals surface area contributed by atoms with Gasteiger partial charge in [-0.05, 0) is 31.7 Å². The molecule has 1 aromatic rings. The predicted molar refractivity (Wildman–Crippen MR) is 68.0 cm³/mol. The van der Waals surface area contributed by atoms with E-state index in [2.05, 4.69) is 9.88 Å². The number of aromatic nitrogens is 1. The topological polar surface area (TPSA) is 51.7 Å². The summed E-state index contributed by atoms with van der Waals surface area (Å²) in [5, 5.41) is 0. The Morgan fingerprint density at radius 2 is 2.11 bits per heavy atom.